The fraction of sp³-hybridized carbons (Fsp3) is 0.769. The van der Waals surface area contributed by atoms with Gasteiger partial charge in [0.25, 0.3) is 0 Å². The van der Waals surface area contributed by atoms with Crippen LogP contribution in [0.4, 0.5) is 0 Å². The van der Waals surface area contributed by atoms with Crippen LogP contribution in [-0.2, 0) is 9.53 Å². The van der Waals surface area contributed by atoms with Crippen LogP contribution in [0.2, 0.25) is 0 Å². The van der Waals surface area contributed by atoms with E-state index in [1.807, 2.05) is 6.92 Å². The molecule has 15 heavy (non-hydrogen) atoms. The third-order valence-electron chi connectivity index (χ3n) is 3.25. The Kier molecular flexibility index (Phi) is 5.44. The van der Waals surface area contributed by atoms with E-state index >= 15 is 0 Å². The topological polar surface area (TPSA) is 26.3 Å². The van der Waals surface area contributed by atoms with Gasteiger partial charge in [-0.1, -0.05) is 45.1 Å². The highest BCUT2D eigenvalue weighted by molar-refractivity contribution is 5.88. The van der Waals surface area contributed by atoms with Crippen molar-refractivity contribution in [3.05, 3.63) is 11.6 Å². The normalized spacial score (nSPS) is 18.9. The van der Waals surface area contributed by atoms with Crippen molar-refractivity contribution in [3.63, 3.8) is 0 Å². The maximum atomic E-state index is 11.3. The number of esters is 1. The second-order valence-electron chi connectivity index (χ2n) is 4.31. The monoisotopic (exact) mass is 210 g/mol. The Balaban J connectivity index is 2.41. The molecule has 1 fully saturated rings. The zero-order valence-corrected chi connectivity index (χ0v) is 9.92. The molecule has 0 atom stereocenters. The molecule has 0 aromatic rings. The molecule has 0 aliphatic heterocycles. The number of rotatable bonds is 4. The third kappa shape index (κ3) is 4.06. The lowest BCUT2D eigenvalue weighted by Gasteiger charge is -2.20. The Hall–Kier alpha value is -0.790. The Morgan fingerprint density at radius 2 is 2.00 bits per heavy atom. The molecule has 1 aliphatic rings. The molecule has 0 aromatic heterocycles. The van der Waals surface area contributed by atoms with Gasteiger partial charge in [0.2, 0.25) is 0 Å². The maximum Gasteiger partial charge on any atom is 0.333 e. The summed E-state index contributed by atoms with van der Waals surface area (Å²) in [6.45, 7) is 2.00. The number of ether oxygens (including phenoxy) is 1. The van der Waals surface area contributed by atoms with Crippen molar-refractivity contribution in [2.75, 3.05) is 7.11 Å². The van der Waals surface area contributed by atoms with Crippen LogP contribution in [0.5, 0.6) is 0 Å². The number of carbonyl (C=O) groups excluding carboxylic acids is 1. The summed E-state index contributed by atoms with van der Waals surface area (Å²) in [6, 6.07) is 0. The first-order valence-electron chi connectivity index (χ1n) is 6.05. The fourth-order valence-electron chi connectivity index (χ4n) is 2.23. The first-order valence-corrected chi connectivity index (χ1v) is 6.05. The van der Waals surface area contributed by atoms with Crippen molar-refractivity contribution in [2.24, 2.45) is 5.92 Å². The van der Waals surface area contributed by atoms with Gasteiger partial charge in [-0.15, -0.1) is 0 Å². The molecule has 0 aromatic carbocycles. The van der Waals surface area contributed by atoms with Crippen molar-refractivity contribution < 1.29 is 9.53 Å². The molecule has 0 unspecified atom stereocenters. The summed E-state index contributed by atoms with van der Waals surface area (Å²) in [4.78, 5) is 11.3. The third-order valence-corrected chi connectivity index (χ3v) is 3.25. The lowest BCUT2D eigenvalue weighted by Crippen LogP contribution is -2.07. The SMILES string of the molecule is CCC(=CCC1CCCCC1)C(=O)OC. The molecule has 0 amide bonds. The lowest BCUT2D eigenvalue weighted by atomic mass is 9.86. The summed E-state index contributed by atoms with van der Waals surface area (Å²) in [6.07, 6.45) is 10.7. The smallest absolute Gasteiger partial charge is 0.333 e. The molecule has 0 radical (unpaired) electrons. The largest absolute Gasteiger partial charge is 0.466 e. The Morgan fingerprint density at radius 1 is 1.33 bits per heavy atom. The summed E-state index contributed by atoms with van der Waals surface area (Å²) in [5.74, 6) is 0.637. The van der Waals surface area contributed by atoms with Gasteiger partial charge >= 0.3 is 5.97 Å². The fourth-order valence-corrected chi connectivity index (χ4v) is 2.23. The average Bonchev–Trinajstić information content (AvgIpc) is 2.31. The first kappa shape index (κ1) is 12.3. The molecule has 0 bridgehead atoms. The van der Waals surface area contributed by atoms with E-state index in [1.165, 1.54) is 39.2 Å². The lowest BCUT2D eigenvalue weighted by molar-refractivity contribution is -0.136. The van der Waals surface area contributed by atoms with Crippen molar-refractivity contribution in [1.29, 1.82) is 0 Å². The van der Waals surface area contributed by atoms with Gasteiger partial charge in [-0.3, -0.25) is 0 Å². The zero-order chi connectivity index (χ0) is 11.1. The molecule has 0 N–H and O–H groups in total. The summed E-state index contributed by atoms with van der Waals surface area (Å²) >= 11 is 0. The summed E-state index contributed by atoms with van der Waals surface area (Å²) in [5, 5.41) is 0. The molecule has 2 nitrogen and oxygen atoms in total. The molecule has 0 spiro atoms. The number of carbonyl (C=O) groups is 1. The molecule has 1 aliphatic carbocycles. The van der Waals surface area contributed by atoms with Crippen LogP contribution >= 0.6 is 0 Å². The predicted octanol–water partition coefficient (Wildman–Crippen LogP) is 3.47. The Morgan fingerprint density at radius 3 is 2.53 bits per heavy atom. The van der Waals surface area contributed by atoms with Gasteiger partial charge in [0.1, 0.15) is 0 Å². The Bertz CT molecular complexity index is 225. The van der Waals surface area contributed by atoms with Gasteiger partial charge in [-0.25, -0.2) is 4.79 Å². The predicted molar refractivity (Wildman–Crippen MR) is 61.6 cm³/mol. The van der Waals surface area contributed by atoms with E-state index in [9.17, 15) is 4.79 Å². The van der Waals surface area contributed by atoms with Gasteiger partial charge in [0.15, 0.2) is 0 Å². The van der Waals surface area contributed by atoms with Crippen molar-refractivity contribution in [3.8, 4) is 0 Å². The molecule has 2 heteroatoms. The van der Waals surface area contributed by atoms with E-state index in [0.29, 0.717) is 0 Å². The first-order chi connectivity index (χ1) is 7.27. The van der Waals surface area contributed by atoms with Gasteiger partial charge in [-0.2, -0.15) is 0 Å². The van der Waals surface area contributed by atoms with Crippen LogP contribution in [0.15, 0.2) is 11.6 Å². The Labute approximate surface area is 92.7 Å². The minimum atomic E-state index is -0.159. The van der Waals surface area contributed by atoms with Crippen molar-refractivity contribution >= 4 is 5.97 Å². The van der Waals surface area contributed by atoms with Gasteiger partial charge < -0.3 is 4.74 Å². The second kappa shape index (κ2) is 6.65. The number of allylic oxidation sites excluding steroid dienone is 1. The highest BCUT2D eigenvalue weighted by Gasteiger charge is 2.13. The van der Waals surface area contributed by atoms with Crippen molar-refractivity contribution in [2.45, 2.75) is 51.9 Å². The van der Waals surface area contributed by atoms with Crippen molar-refractivity contribution in [1.82, 2.24) is 0 Å². The van der Waals surface area contributed by atoms with E-state index in [2.05, 4.69) is 6.08 Å². The van der Waals surface area contributed by atoms with Crippen LogP contribution in [0, 0.1) is 5.92 Å². The molecule has 1 rings (SSSR count). The van der Waals surface area contributed by atoms with E-state index in [0.717, 1.165) is 24.3 Å². The summed E-state index contributed by atoms with van der Waals surface area (Å²) < 4.78 is 4.74. The average molecular weight is 210 g/mol. The minimum Gasteiger partial charge on any atom is -0.466 e. The van der Waals surface area contributed by atoms with E-state index < -0.39 is 0 Å². The molecule has 0 heterocycles. The maximum absolute atomic E-state index is 11.3. The van der Waals surface area contributed by atoms with E-state index in [-0.39, 0.29) is 5.97 Å². The summed E-state index contributed by atoms with van der Waals surface area (Å²) in [5.41, 5.74) is 0.836. The van der Waals surface area contributed by atoms with Crippen LogP contribution in [0.1, 0.15) is 51.9 Å². The van der Waals surface area contributed by atoms with Gasteiger partial charge in [0.05, 0.1) is 7.11 Å². The second-order valence-corrected chi connectivity index (χ2v) is 4.31. The zero-order valence-electron chi connectivity index (χ0n) is 9.92. The van der Waals surface area contributed by atoms with Gasteiger partial charge in [0, 0.05) is 5.57 Å². The number of methoxy groups -OCH3 is 1. The molecule has 86 valence electrons. The summed E-state index contributed by atoms with van der Waals surface area (Å²) in [7, 11) is 1.45. The standard InChI is InChI=1S/C13H22O2/c1-3-12(13(14)15-2)10-9-11-7-5-4-6-8-11/h10-11H,3-9H2,1-2H3. The highest BCUT2D eigenvalue weighted by atomic mass is 16.5. The number of hydrogen-bond donors (Lipinski definition) is 0. The molecular formula is C13H22O2. The van der Waals surface area contributed by atoms with E-state index in [1.54, 1.807) is 0 Å². The van der Waals surface area contributed by atoms with Gasteiger partial charge in [-0.05, 0) is 18.8 Å². The van der Waals surface area contributed by atoms with Crippen LogP contribution in [0.3, 0.4) is 0 Å². The quantitative estimate of drug-likeness (QED) is 0.524. The van der Waals surface area contributed by atoms with Crippen LogP contribution in [-0.4, -0.2) is 13.1 Å². The van der Waals surface area contributed by atoms with Crippen LogP contribution in [0.25, 0.3) is 0 Å². The number of hydrogen-bond acceptors (Lipinski definition) is 2. The minimum absolute atomic E-state index is 0.159. The highest BCUT2D eigenvalue weighted by Crippen LogP contribution is 2.27. The molecule has 0 saturated heterocycles. The van der Waals surface area contributed by atoms with Crippen LogP contribution < -0.4 is 0 Å². The van der Waals surface area contributed by atoms with E-state index in [4.69, 9.17) is 4.74 Å². The molecule has 1 saturated carbocycles. The molecular weight excluding hydrogens is 188 g/mol.